The van der Waals surface area contributed by atoms with Crippen molar-refractivity contribution in [3.63, 3.8) is 0 Å². The van der Waals surface area contributed by atoms with Gasteiger partial charge in [0.2, 0.25) is 11.4 Å². The Balaban J connectivity index is 1.83. The second-order valence-corrected chi connectivity index (χ2v) is 10.1. The van der Waals surface area contributed by atoms with Crippen molar-refractivity contribution in [3.05, 3.63) is 114 Å². The van der Waals surface area contributed by atoms with Crippen molar-refractivity contribution in [2.24, 2.45) is 0 Å². The van der Waals surface area contributed by atoms with E-state index >= 15 is 0 Å². The van der Waals surface area contributed by atoms with Crippen LogP contribution in [-0.4, -0.2) is 48.2 Å². The van der Waals surface area contributed by atoms with Gasteiger partial charge < -0.3 is 18.6 Å². The van der Waals surface area contributed by atoms with E-state index in [9.17, 15) is 14.4 Å². The van der Waals surface area contributed by atoms with E-state index in [1.54, 1.807) is 54.6 Å². The average Bonchev–Trinajstić information content (AvgIpc) is 2.97. The molecule has 0 amide bonds. The molecule has 11 heteroatoms. The van der Waals surface area contributed by atoms with Gasteiger partial charge in [0.1, 0.15) is 6.33 Å². The Morgan fingerprint density at radius 3 is 1.50 bits per heavy atom. The van der Waals surface area contributed by atoms with Gasteiger partial charge in [-0.3, -0.25) is 0 Å². The van der Waals surface area contributed by atoms with E-state index < -0.39 is 26.7 Å². The number of anilines is 1. The monoisotopic (exact) mass is 528 g/mol. The van der Waals surface area contributed by atoms with E-state index in [-0.39, 0.29) is 28.1 Å². The van der Waals surface area contributed by atoms with Crippen LogP contribution < -0.4 is 10.8 Å². The number of benzene rings is 3. The van der Waals surface area contributed by atoms with Gasteiger partial charge in [0.25, 0.3) is 0 Å². The molecule has 3 aromatic carbocycles. The summed E-state index contributed by atoms with van der Waals surface area (Å²) in [7, 11) is -4.83. The van der Waals surface area contributed by atoms with Crippen LogP contribution >= 0.6 is 0 Å². The third kappa shape index (κ3) is 6.45. The molecule has 0 bridgehead atoms. The number of carbonyl (C=O) groups is 3. The molecule has 4 aromatic rings. The third-order valence-corrected chi connectivity index (χ3v) is 7.24. The van der Waals surface area contributed by atoms with E-state index in [2.05, 4.69) is 20.3 Å². The van der Waals surface area contributed by atoms with E-state index in [1.807, 2.05) is 6.92 Å². The van der Waals surface area contributed by atoms with Crippen LogP contribution in [0.15, 0.2) is 97.3 Å². The number of rotatable bonds is 10. The van der Waals surface area contributed by atoms with Crippen molar-refractivity contribution < 1.29 is 27.7 Å². The summed E-state index contributed by atoms with van der Waals surface area (Å²) in [6.45, 7) is 2.49. The zero-order chi connectivity index (χ0) is 26.8. The van der Waals surface area contributed by atoms with Crippen LogP contribution in [0.3, 0.4) is 0 Å². The highest BCUT2D eigenvalue weighted by molar-refractivity contribution is 6.78. The van der Waals surface area contributed by atoms with Gasteiger partial charge in [0, 0.05) is 6.54 Å². The highest BCUT2D eigenvalue weighted by Gasteiger charge is 2.60. The molecule has 0 saturated carbocycles. The molecule has 1 heterocycles. The van der Waals surface area contributed by atoms with Crippen molar-refractivity contribution >= 4 is 38.1 Å². The smallest absolute Gasteiger partial charge is 0.446 e. The first-order valence-electron chi connectivity index (χ1n) is 11.8. The Labute approximate surface area is 220 Å². The maximum atomic E-state index is 13.3. The molecule has 0 spiro atoms. The number of aromatic nitrogens is 3. The lowest BCUT2D eigenvalue weighted by Crippen LogP contribution is -2.62. The predicted octanol–water partition coefficient (Wildman–Crippen LogP) is 3.41. The summed E-state index contributed by atoms with van der Waals surface area (Å²) >= 11 is 0. The molecule has 0 unspecified atom stereocenters. The van der Waals surface area contributed by atoms with Crippen LogP contribution in [0.5, 0.6) is 0 Å². The van der Waals surface area contributed by atoms with Crippen molar-refractivity contribution in [3.8, 4) is 0 Å². The summed E-state index contributed by atoms with van der Waals surface area (Å²) in [5, 5.41) is 3.00. The lowest BCUT2D eigenvalue weighted by molar-refractivity contribution is 0.0354. The van der Waals surface area contributed by atoms with Crippen LogP contribution in [0, 0.1) is 0 Å². The summed E-state index contributed by atoms with van der Waals surface area (Å²) in [6, 6.07) is 24.1. The lowest BCUT2D eigenvalue weighted by atomic mass is 10.2. The molecular formula is C27H24N4O6Si. The van der Waals surface area contributed by atoms with Gasteiger partial charge in [-0.05, 0) is 42.8 Å². The minimum absolute atomic E-state index is 0.135. The molecule has 0 saturated heterocycles. The van der Waals surface area contributed by atoms with Crippen LogP contribution in [-0.2, 0) is 13.3 Å². The van der Waals surface area contributed by atoms with Gasteiger partial charge in [-0.1, -0.05) is 61.5 Å². The molecule has 0 radical (unpaired) electrons. The molecule has 0 aliphatic heterocycles. The molecular weight excluding hydrogens is 504 g/mol. The van der Waals surface area contributed by atoms with Crippen molar-refractivity contribution in [1.82, 2.24) is 15.0 Å². The fourth-order valence-corrected chi connectivity index (χ4v) is 5.17. The molecule has 0 atom stereocenters. The molecule has 0 fully saturated rings. The Bertz CT molecular complexity index is 1260. The summed E-state index contributed by atoms with van der Waals surface area (Å²) in [4.78, 5) is 52.3. The maximum Gasteiger partial charge on any atom is 0.783 e. The molecule has 192 valence electrons. The molecule has 1 aromatic heterocycles. The van der Waals surface area contributed by atoms with Gasteiger partial charge in [0.05, 0.1) is 16.7 Å². The Morgan fingerprint density at radius 1 is 0.684 bits per heavy atom. The zero-order valence-electron chi connectivity index (χ0n) is 20.4. The van der Waals surface area contributed by atoms with Gasteiger partial charge in [0.15, 0.2) is 0 Å². The minimum atomic E-state index is -4.83. The van der Waals surface area contributed by atoms with Crippen LogP contribution in [0.25, 0.3) is 0 Å². The topological polar surface area (TPSA) is 130 Å². The molecule has 0 aliphatic rings. The van der Waals surface area contributed by atoms with Crippen LogP contribution in [0.2, 0.25) is 0 Å². The summed E-state index contributed by atoms with van der Waals surface area (Å²) < 4.78 is 17.4. The minimum Gasteiger partial charge on any atom is -0.446 e. The first-order chi connectivity index (χ1) is 18.5. The number of nitrogens with one attached hydrogen (secondary N) is 1. The molecule has 4 rings (SSSR count). The normalized spacial score (nSPS) is 10.8. The zero-order valence-corrected chi connectivity index (χ0v) is 21.4. The van der Waals surface area contributed by atoms with Gasteiger partial charge in [-0.15, -0.1) is 0 Å². The standard InChI is InChI=1S/C27H24N4O6Si/c1-2-18-28-26-29-19-30-27(31-26)38(35-23(32)20-12-6-3-7-13-20,36-24(33)21-14-8-4-9-15-21)37-25(34)22-16-10-5-11-17-22/h3-17,19H,2,18H2,1H3,(H,28,29,30,31). The fourth-order valence-electron chi connectivity index (χ4n) is 3.23. The van der Waals surface area contributed by atoms with Gasteiger partial charge in [-0.2, -0.15) is 4.98 Å². The summed E-state index contributed by atoms with van der Waals surface area (Å²) in [6.07, 6.45) is 1.93. The molecule has 1 N–H and O–H groups in total. The van der Waals surface area contributed by atoms with Crippen LogP contribution in [0.4, 0.5) is 5.95 Å². The highest BCUT2D eigenvalue weighted by atomic mass is 28.4. The maximum absolute atomic E-state index is 13.3. The first kappa shape index (κ1) is 26.2. The Hall–Kier alpha value is -4.90. The summed E-state index contributed by atoms with van der Waals surface area (Å²) in [5.74, 6) is -2.52. The van der Waals surface area contributed by atoms with Crippen molar-refractivity contribution in [2.45, 2.75) is 13.3 Å². The third-order valence-electron chi connectivity index (χ3n) is 5.09. The van der Waals surface area contributed by atoms with Crippen LogP contribution in [0.1, 0.15) is 44.4 Å². The number of hydrogen-bond donors (Lipinski definition) is 1. The molecule has 10 nitrogen and oxygen atoms in total. The van der Waals surface area contributed by atoms with Crippen molar-refractivity contribution in [2.75, 3.05) is 11.9 Å². The Kier molecular flexibility index (Phi) is 8.52. The quantitative estimate of drug-likeness (QED) is 0.306. The second kappa shape index (κ2) is 12.4. The SMILES string of the molecule is CCCNc1ncnc([Si](OC(=O)c2ccccc2)(OC(=O)c2ccccc2)OC(=O)c2ccccc2)n1. The Morgan fingerprint density at radius 2 is 1.11 bits per heavy atom. The van der Waals surface area contributed by atoms with E-state index in [4.69, 9.17) is 13.3 Å². The highest BCUT2D eigenvalue weighted by Crippen LogP contribution is 2.18. The number of hydrogen-bond acceptors (Lipinski definition) is 10. The van der Waals surface area contributed by atoms with E-state index in [1.165, 1.54) is 36.4 Å². The average molecular weight is 529 g/mol. The second-order valence-electron chi connectivity index (χ2n) is 7.88. The molecule has 0 aliphatic carbocycles. The number of carbonyl (C=O) groups excluding carboxylic acids is 3. The fraction of sp³-hybridized carbons (Fsp3) is 0.111. The molecule has 38 heavy (non-hydrogen) atoms. The predicted molar refractivity (Wildman–Crippen MR) is 140 cm³/mol. The number of nitrogens with zero attached hydrogens (tertiary/aromatic N) is 3. The van der Waals surface area contributed by atoms with Gasteiger partial charge in [-0.25, -0.2) is 24.4 Å². The largest absolute Gasteiger partial charge is 0.783 e. The van der Waals surface area contributed by atoms with E-state index in [0.29, 0.717) is 6.54 Å². The first-order valence-corrected chi connectivity index (χ1v) is 13.5. The summed E-state index contributed by atoms with van der Waals surface area (Å²) in [5.41, 5.74) is 0.154. The lowest BCUT2D eigenvalue weighted by Gasteiger charge is -2.26. The van der Waals surface area contributed by atoms with Crippen molar-refractivity contribution in [1.29, 1.82) is 0 Å². The van der Waals surface area contributed by atoms with Gasteiger partial charge >= 0.3 is 26.7 Å². The van der Waals surface area contributed by atoms with E-state index in [0.717, 1.165) is 12.7 Å².